The molecule has 0 saturated heterocycles. The second kappa shape index (κ2) is 5.87. The van der Waals surface area contributed by atoms with E-state index in [-0.39, 0.29) is 10.8 Å². The summed E-state index contributed by atoms with van der Waals surface area (Å²) in [6.07, 6.45) is 2.42. The molecule has 0 saturated carbocycles. The van der Waals surface area contributed by atoms with Crippen LogP contribution in [0.2, 0.25) is 5.02 Å². The largest absolute Gasteiger partial charge is 0.456 e. The Kier molecular flexibility index (Phi) is 3.74. The van der Waals surface area contributed by atoms with Gasteiger partial charge in [0.25, 0.3) is 0 Å². The first kappa shape index (κ1) is 17.8. The molecule has 1 aliphatic carbocycles. The molecule has 0 amide bonds. The second-order valence-electron chi connectivity index (χ2n) is 9.49. The van der Waals surface area contributed by atoms with Crippen LogP contribution in [0.1, 0.15) is 51.7 Å². The highest BCUT2D eigenvalue weighted by atomic mass is 35.5. The van der Waals surface area contributed by atoms with Crippen molar-refractivity contribution in [2.45, 2.75) is 51.4 Å². The molecular weight excluding hydrogens is 364 g/mol. The topological polar surface area (TPSA) is 13.1 Å². The molecule has 0 N–H and O–H groups in total. The number of fused-ring (bicyclic) bond motifs is 4. The third-order valence-electron chi connectivity index (χ3n) is 6.60. The van der Waals surface area contributed by atoms with Gasteiger partial charge in [-0.05, 0) is 82.3 Å². The van der Waals surface area contributed by atoms with Crippen LogP contribution < -0.4 is 0 Å². The minimum Gasteiger partial charge on any atom is -0.456 e. The van der Waals surface area contributed by atoms with Gasteiger partial charge in [-0.15, -0.1) is 0 Å². The average Bonchev–Trinajstić information content (AvgIpc) is 3.02. The summed E-state index contributed by atoms with van der Waals surface area (Å²) >= 11 is 6.21. The number of halogens is 1. The molecule has 0 unspecified atom stereocenters. The fourth-order valence-electron chi connectivity index (χ4n) is 4.68. The summed E-state index contributed by atoms with van der Waals surface area (Å²) in [5.41, 5.74) is 7.49. The van der Waals surface area contributed by atoms with Gasteiger partial charge >= 0.3 is 0 Å². The van der Waals surface area contributed by atoms with E-state index in [1.807, 2.05) is 18.2 Å². The number of hydrogen-bond acceptors (Lipinski definition) is 1. The average molecular weight is 389 g/mol. The van der Waals surface area contributed by atoms with E-state index in [4.69, 9.17) is 16.0 Å². The number of furan rings is 1. The van der Waals surface area contributed by atoms with Gasteiger partial charge in [0.05, 0.1) is 0 Å². The van der Waals surface area contributed by atoms with Gasteiger partial charge in [-0.3, -0.25) is 0 Å². The molecule has 1 nitrogen and oxygen atoms in total. The summed E-state index contributed by atoms with van der Waals surface area (Å²) in [7, 11) is 0. The molecule has 0 radical (unpaired) electrons. The molecule has 0 spiro atoms. The highest BCUT2D eigenvalue weighted by Gasteiger charge is 2.37. The van der Waals surface area contributed by atoms with E-state index in [2.05, 4.69) is 64.1 Å². The molecule has 0 atom stereocenters. The highest BCUT2D eigenvalue weighted by Crippen LogP contribution is 2.48. The summed E-state index contributed by atoms with van der Waals surface area (Å²) in [4.78, 5) is 0. The quantitative estimate of drug-likeness (QED) is 0.320. The van der Waals surface area contributed by atoms with Crippen LogP contribution in [0.5, 0.6) is 0 Å². The smallest absolute Gasteiger partial charge is 0.135 e. The van der Waals surface area contributed by atoms with E-state index < -0.39 is 0 Å². The molecule has 0 aliphatic heterocycles. The van der Waals surface area contributed by atoms with E-state index in [1.165, 1.54) is 34.7 Å². The van der Waals surface area contributed by atoms with E-state index >= 15 is 0 Å². The van der Waals surface area contributed by atoms with Gasteiger partial charge in [0, 0.05) is 15.8 Å². The molecule has 1 heterocycles. The van der Waals surface area contributed by atoms with Gasteiger partial charge in [-0.2, -0.15) is 0 Å². The molecule has 1 aromatic heterocycles. The minimum atomic E-state index is 0.184. The van der Waals surface area contributed by atoms with Crippen LogP contribution >= 0.6 is 11.6 Å². The van der Waals surface area contributed by atoms with Crippen molar-refractivity contribution in [3.63, 3.8) is 0 Å². The Morgan fingerprint density at radius 2 is 1.36 bits per heavy atom. The summed E-state index contributed by atoms with van der Waals surface area (Å²) in [5, 5.41) is 3.14. The lowest BCUT2D eigenvalue weighted by molar-refractivity contribution is 0.332. The second-order valence-corrected chi connectivity index (χ2v) is 9.92. The van der Waals surface area contributed by atoms with Crippen LogP contribution in [-0.2, 0) is 10.8 Å². The zero-order valence-electron chi connectivity index (χ0n) is 16.9. The first-order chi connectivity index (χ1) is 13.2. The Bertz CT molecular complexity index is 1230. The zero-order chi connectivity index (χ0) is 19.7. The molecular formula is C26H25ClO. The fraction of sp³-hybridized carbons (Fsp3) is 0.308. The lowest BCUT2D eigenvalue weighted by Gasteiger charge is -2.41. The summed E-state index contributed by atoms with van der Waals surface area (Å²) in [5.74, 6) is 0. The number of benzene rings is 3. The minimum absolute atomic E-state index is 0.184. The van der Waals surface area contributed by atoms with Crippen LogP contribution in [-0.4, -0.2) is 0 Å². The Balaban J connectivity index is 1.78. The van der Waals surface area contributed by atoms with Crippen molar-refractivity contribution in [2.75, 3.05) is 0 Å². The van der Waals surface area contributed by atoms with Gasteiger partial charge in [0.15, 0.2) is 0 Å². The Hall–Kier alpha value is -2.25. The lowest BCUT2D eigenvalue weighted by atomic mass is 9.63. The van der Waals surface area contributed by atoms with Crippen LogP contribution in [0.25, 0.3) is 33.1 Å². The zero-order valence-corrected chi connectivity index (χ0v) is 17.7. The fourth-order valence-corrected chi connectivity index (χ4v) is 4.87. The van der Waals surface area contributed by atoms with Crippen LogP contribution in [0.3, 0.4) is 0 Å². The third kappa shape index (κ3) is 2.68. The highest BCUT2D eigenvalue weighted by molar-refractivity contribution is 6.30. The van der Waals surface area contributed by atoms with Crippen LogP contribution in [0.4, 0.5) is 0 Å². The van der Waals surface area contributed by atoms with E-state index in [0.717, 1.165) is 27.3 Å². The maximum atomic E-state index is 6.27. The van der Waals surface area contributed by atoms with Gasteiger partial charge < -0.3 is 4.42 Å². The molecule has 5 rings (SSSR count). The van der Waals surface area contributed by atoms with Crippen molar-refractivity contribution in [3.8, 4) is 11.1 Å². The standard InChI is InChI=1S/C26H25ClO/c1-25(2)10-11-26(3,4)22-15-24-20(14-21(22)25)19-13-17(8-9-23(19)28-24)16-6-5-7-18(27)12-16/h5-9,12-15H,10-11H2,1-4H3. The van der Waals surface area contributed by atoms with Crippen molar-refractivity contribution in [3.05, 3.63) is 70.7 Å². The third-order valence-corrected chi connectivity index (χ3v) is 6.84. The molecule has 142 valence electrons. The molecule has 28 heavy (non-hydrogen) atoms. The van der Waals surface area contributed by atoms with Gasteiger partial charge in [-0.1, -0.05) is 57.5 Å². The SMILES string of the molecule is CC1(C)CCC(C)(C)c2cc3c(cc21)oc1ccc(-c2cccc(Cl)c2)cc13. The van der Waals surface area contributed by atoms with Gasteiger partial charge in [-0.25, -0.2) is 0 Å². The van der Waals surface area contributed by atoms with Crippen LogP contribution in [0, 0.1) is 0 Å². The molecule has 3 aromatic carbocycles. The van der Waals surface area contributed by atoms with Crippen molar-refractivity contribution in [1.29, 1.82) is 0 Å². The Labute approximate surface area is 171 Å². The van der Waals surface area contributed by atoms with E-state index in [9.17, 15) is 0 Å². The molecule has 0 bridgehead atoms. The number of hydrogen-bond donors (Lipinski definition) is 0. The first-order valence-corrected chi connectivity index (χ1v) is 10.4. The molecule has 2 heteroatoms. The maximum Gasteiger partial charge on any atom is 0.135 e. The van der Waals surface area contributed by atoms with E-state index in [1.54, 1.807) is 0 Å². The van der Waals surface area contributed by atoms with Crippen molar-refractivity contribution < 1.29 is 4.42 Å². The lowest BCUT2D eigenvalue weighted by Crippen LogP contribution is -2.33. The number of rotatable bonds is 1. The van der Waals surface area contributed by atoms with Gasteiger partial charge in [0.1, 0.15) is 11.2 Å². The Morgan fingerprint density at radius 3 is 2.07 bits per heavy atom. The molecule has 0 fully saturated rings. The summed E-state index contributed by atoms with van der Waals surface area (Å²) in [6.45, 7) is 9.44. The van der Waals surface area contributed by atoms with Gasteiger partial charge in [0.2, 0.25) is 0 Å². The first-order valence-electron chi connectivity index (χ1n) is 10.0. The van der Waals surface area contributed by atoms with Crippen LogP contribution in [0.15, 0.2) is 59.0 Å². The Morgan fingerprint density at radius 1 is 0.714 bits per heavy atom. The maximum absolute atomic E-state index is 6.27. The molecule has 1 aliphatic rings. The normalized spacial score (nSPS) is 17.8. The summed E-state index contributed by atoms with van der Waals surface area (Å²) in [6, 6.07) is 19.1. The van der Waals surface area contributed by atoms with Crippen molar-refractivity contribution >= 4 is 33.5 Å². The van der Waals surface area contributed by atoms with Crippen molar-refractivity contribution in [1.82, 2.24) is 0 Å². The predicted octanol–water partition coefficient (Wildman–Crippen LogP) is 8.26. The van der Waals surface area contributed by atoms with E-state index in [0.29, 0.717) is 0 Å². The predicted molar refractivity (Wildman–Crippen MR) is 119 cm³/mol. The molecule has 4 aromatic rings. The summed E-state index contributed by atoms with van der Waals surface area (Å²) < 4.78 is 6.27. The monoisotopic (exact) mass is 388 g/mol. The van der Waals surface area contributed by atoms with Crippen molar-refractivity contribution in [2.24, 2.45) is 0 Å².